The van der Waals surface area contributed by atoms with Gasteiger partial charge in [-0.3, -0.25) is 4.21 Å². The molecule has 0 bridgehead atoms. The second-order valence-corrected chi connectivity index (χ2v) is 9.85. The third-order valence-corrected chi connectivity index (χ3v) is 6.93. The molecule has 3 rings (SSSR count). The molecule has 1 atom stereocenters. The number of carbonyl (C=O) groups is 1. The van der Waals surface area contributed by atoms with E-state index in [2.05, 4.69) is 4.98 Å². The van der Waals surface area contributed by atoms with Crippen LogP contribution in [-0.2, 0) is 15.5 Å². The smallest absolute Gasteiger partial charge is 0.410 e. The van der Waals surface area contributed by atoms with Crippen LogP contribution >= 0.6 is 11.3 Å². The van der Waals surface area contributed by atoms with Crippen LogP contribution in [-0.4, -0.2) is 44.1 Å². The lowest BCUT2D eigenvalue weighted by molar-refractivity contribution is 0.0218. The zero-order chi connectivity index (χ0) is 17.3. The van der Waals surface area contributed by atoms with Crippen molar-refractivity contribution in [2.75, 3.05) is 13.1 Å². The highest BCUT2D eigenvalue weighted by Gasteiger charge is 2.30. The van der Waals surface area contributed by atoms with Crippen molar-refractivity contribution in [1.29, 1.82) is 0 Å². The summed E-state index contributed by atoms with van der Waals surface area (Å²) in [6.45, 7) is 6.74. The largest absolute Gasteiger partial charge is 0.444 e. The number of piperidine rings is 1. The summed E-state index contributed by atoms with van der Waals surface area (Å²) in [5, 5.41) is 0.0456. The van der Waals surface area contributed by atoms with Crippen LogP contribution in [0, 0.1) is 0 Å². The lowest BCUT2D eigenvalue weighted by atomic mass is 10.1. The summed E-state index contributed by atoms with van der Waals surface area (Å²) < 4.78 is 19.9. The van der Waals surface area contributed by atoms with Gasteiger partial charge >= 0.3 is 6.09 Å². The number of hydrogen-bond donors (Lipinski definition) is 0. The molecule has 0 spiro atoms. The van der Waals surface area contributed by atoms with E-state index in [9.17, 15) is 9.00 Å². The highest BCUT2D eigenvalue weighted by Crippen LogP contribution is 2.28. The van der Waals surface area contributed by atoms with Crippen LogP contribution in [0.1, 0.15) is 33.6 Å². The molecule has 2 heterocycles. The molecule has 1 aromatic carbocycles. The molecule has 0 radical (unpaired) electrons. The standard InChI is InChI=1S/C17H22N2O3S2/c1-17(2,3)22-16(20)19-10-8-12(9-11-19)24(21)15-18-13-6-4-5-7-14(13)23-15/h4-7,12H,8-11H2,1-3H3/t24-/m1/s1. The van der Waals surface area contributed by atoms with E-state index in [1.807, 2.05) is 45.0 Å². The predicted molar refractivity (Wildman–Crippen MR) is 96.9 cm³/mol. The molecular weight excluding hydrogens is 344 g/mol. The molecule has 5 nitrogen and oxygen atoms in total. The van der Waals surface area contributed by atoms with Crippen LogP contribution in [0.5, 0.6) is 0 Å². The summed E-state index contributed by atoms with van der Waals surface area (Å²) in [5.41, 5.74) is 0.412. The average Bonchev–Trinajstić information content (AvgIpc) is 2.96. The van der Waals surface area contributed by atoms with Gasteiger partial charge in [-0.05, 0) is 45.7 Å². The number of amides is 1. The van der Waals surface area contributed by atoms with E-state index in [4.69, 9.17) is 4.74 Å². The number of benzene rings is 1. The predicted octanol–water partition coefficient (Wildman–Crippen LogP) is 3.80. The number of para-hydroxylation sites is 1. The fraction of sp³-hybridized carbons (Fsp3) is 0.529. The Hall–Kier alpha value is -1.47. The van der Waals surface area contributed by atoms with Gasteiger partial charge in [0, 0.05) is 18.3 Å². The molecule has 0 N–H and O–H groups in total. The van der Waals surface area contributed by atoms with E-state index < -0.39 is 16.4 Å². The Morgan fingerprint density at radius 3 is 2.58 bits per heavy atom. The molecular formula is C17H22N2O3S2. The SMILES string of the molecule is CC(C)(C)OC(=O)N1CCC([S@@](=O)c2nc3ccccc3s2)CC1. The maximum absolute atomic E-state index is 12.8. The second-order valence-electron chi connectivity index (χ2n) is 6.91. The molecule has 0 saturated carbocycles. The number of hydrogen-bond acceptors (Lipinski definition) is 5. The van der Waals surface area contributed by atoms with Gasteiger partial charge in [-0.15, -0.1) is 11.3 Å². The van der Waals surface area contributed by atoms with E-state index in [1.165, 1.54) is 11.3 Å². The number of rotatable bonds is 2. The van der Waals surface area contributed by atoms with Gasteiger partial charge in [0.05, 0.1) is 21.0 Å². The molecule has 1 fully saturated rings. The summed E-state index contributed by atoms with van der Waals surface area (Å²) in [6.07, 6.45) is 1.13. The van der Waals surface area contributed by atoms with Crippen LogP contribution in [0.3, 0.4) is 0 Å². The molecule has 7 heteroatoms. The summed E-state index contributed by atoms with van der Waals surface area (Å²) in [7, 11) is -1.12. The zero-order valence-electron chi connectivity index (χ0n) is 14.2. The van der Waals surface area contributed by atoms with Crippen molar-refractivity contribution in [3.05, 3.63) is 24.3 Å². The molecule has 130 valence electrons. The highest BCUT2D eigenvalue weighted by atomic mass is 32.2. The van der Waals surface area contributed by atoms with E-state index in [0.29, 0.717) is 30.3 Å². The van der Waals surface area contributed by atoms with E-state index >= 15 is 0 Å². The lowest BCUT2D eigenvalue weighted by Gasteiger charge is -2.32. The first-order valence-corrected chi connectivity index (χ1v) is 10.1. The lowest BCUT2D eigenvalue weighted by Crippen LogP contribution is -2.43. The minimum Gasteiger partial charge on any atom is -0.444 e. The Kier molecular flexibility index (Phi) is 4.92. The number of thiazole rings is 1. The summed E-state index contributed by atoms with van der Waals surface area (Å²) in [5.74, 6) is 0. The van der Waals surface area contributed by atoms with Gasteiger partial charge in [0.15, 0.2) is 4.34 Å². The number of fused-ring (bicyclic) bond motifs is 1. The molecule has 1 aromatic heterocycles. The van der Waals surface area contributed by atoms with Crippen molar-refractivity contribution in [3.8, 4) is 0 Å². The highest BCUT2D eigenvalue weighted by molar-refractivity contribution is 7.88. The van der Waals surface area contributed by atoms with Crippen molar-refractivity contribution in [2.24, 2.45) is 0 Å². The van der Waals surface area contributed by atoms with Gasteiger partial charge in [0.1, 0.15) is 5.60 Å². The third-order valence-electron chi connectivity index (χ3n) is 3.84. The molecule has 2 aromatic rings. The molecule has 24 heavy (non-hydrogen) atoms. The number of aromatic nitrogens is 1. The molecule has 1 aliphatic heterocycles. The Balaban J connectivity index is 1.62. The maximum Gasteiger partial charge on any atom is 0.410 e. The van der Waals surface area contributed by atoms with Crippen molar-refractivity contribution in [3.63, 3.8) is 0 Å². The third kappa shape index (κ3) is 3.95. The quantitative estimate of drug-likeness (QED) is 0.811. The summed E-state index contributed by atoms with van der Waals surface area (Å²) in [4.78, 5) is 18.3. The van der Waals surface area contributed by atoms with Crippen molar-refractivity contribution < 1.29 is 13.7 Å². The van der Waals surface area contributed by atoms with Gasteiger partial charge in [0.2, 0.25) is 0 Å². The first-order valence-electron chi connectivity index (χ1n) is 8.07. The Bertz CT molecular complexity index is 726. The fourth-order valence-electron chi connectivity index (χ4n) is 2.66. The maximum atomic E-state index is 12.8. The monoisotopic (exact) mass is 366 g/mol. The Morgan fingerprint density at radius 2 is 1.96 bits per heavy atom. The second kappa shape index (κ2) is 6.80. The first-order chi connectivity index (χ1) is 11.3. The average molecular weight is 367 g/mol. The topological polar surface area (TPSA) is 59.5 Å². The number of ether oxygens (including phenoxy) is 1. The van der Waals surface area contributed by atoms with Crippen LogP contribution in [0.2, 0.25) is 0 Å². The van der Waals surface area contributed by atoms with Gasteiger partial charge in [-0.2, -0.15) is 0 Å². The number of carbonyl (C=O) groups excluding carboxylic acids is 1. The van der Waals surface area contributed by atoms with Gasteiger partial charge in [-0.25, -0.2) is 9.78 Å². The Labute approximate surface area is 148 Å². The van der Waals surface area contributed by atoms with Gasteiger partial charge in [0.25, 0.3) is 0 Å². The molecule has 1 aliphatic rings. The Morgan fingerprint density at radius 1 is 1.29 bits per heavy atom. The van der Waals surface area contributed by atoms with Crippen molar-refractivity contribution >= 4 is 38.4 Å². The number of likely N-dealkylation sites (tertiary alicyclic amines) is 1. The fourth-order valence-corrected chi connectivity index (χ4v) is 5.47. The minimum atomic E-state index is -1.12. The zero-order valence-corrected chi connectivity index (χ0v) is 15.8. The molecule has 0 aliphatic carbocycles. The minimum absolute atomic E-state index is 0.0456. The summed E-state index contributed by atoms with van der Waals surface area (Å²) in [6, 6.07) is 7.84. The van der Waals surface area contributed by atoms with E-state index in [1.54, 1.807) is 4.90 Å². The molecule has 1 amide bonds. The van der Waals surface area contributed by atoms with Crippen molar-refractivity contribution in [2.45, 2.75) is 48.8 Å². The van der Waals surface area contributed by atoms with Gasteiger partial charge < -0.3 is 9.64 Å². The number of nitrogens with zero attached hydrogens (tertiary/aromatic N) is 2. The van der Waals surface area contributed by atoms with Crippen LogP contribution in [0.15, 0.2) is 28.6 Å². The van der Waals surface area contributed by atoms with Gasteiger partial charge in [-0.1, -0.05) is 12.1 Å². The first kappa shape index (κ1) is 17.4. The molecule has 1 saturated heterocycles. The van der Waals surface area contributed by atoms with Crippen LogP contribution < -0.4 is 0 Å². The van der Waals surface area contributed by atoms with E-state index in [-0.39, 0.29) is 11.3 Å². The van der Waals surface area contributed by atoms with Crippen LogP contribution in [0.4, 0.5) is 4.79 Å². The summed E-state index contributed by atoms with van der Waals surface area (Å²) >= 11 is 1.50. The normalized spacial score (nSPS) is 17.9. The van der Waals surface area contributed by atoms with E-state index in [0.717, 1.165) is 10.2 Å². The van der Waals surface area contributed by atoms with Crippen molar-refractivity contribution in [1.82, 2.24) is 9.88 Å². The molecule has 0 unspecified atom stereocenters. The van der Waals surface area contributed by atoms with Crippen LogP contribution in [0.25, 0.3) is 10.2 Å².